The summed E-state index contributed by atoms with van der Waals surface area (Å²) in [5, 5.41) is 11.1. The number of anilines is 1. The lowest BCUT2D eigenvalue weighted by atomic mass is 10.1. The van der Waals surface area contributed by atoms with Gasteiger partial charge < -0.3 is 9.84 Å². The number of carboxylic acids is 1. The third kappa shape index (κ3) is 4.82. The third-order valence-corrected chi connectivity index (χ3v) is 4.98. The second kappa shape index (κ2) is 8.97. The fourth-order valence-corrected chi connectivity index (χ4v) is 3.58. The van der Waals surface area contributed by atoms with Crippen LogP contribution in [0.1, 0.15) is 11.1 Å². The Balaban J connectivity index is 2.00. The van der Waals surface area contributed by atoms with Gasteiger partial charge in [-0.15, -0.1) is 0 Å². The second-order valence-electron chi connectivity index (χ2n) is 6.38. The van der Waals surface area contributed by atoms with Crippen molar-refractivity contribution in [1.29, 1.82) is 0 Å². The molecule has 11 heteroatoms. The van der Waals surface area contributed by atoms with Crippen LogP contribution < -0.4 is 15.0 Å². The van der Waals surface area contributed by atoms with E-state index < -0.39 is 30.4 Å². The molecule has 31 heavy (non-hydrogen) atoms. The molecular weight excluding hydrogens is 471 g/mol. The number of ether oxygens (including phenoxy) is 1. The minimum absolute atomic E-state index is 0.0251. The zero-order valence-electron chi connectivity index (χ0n) is 15.7. The summed E-state index contributed by atoms with van der Waals surface area (Å²) >= 11 is 18.2. The van der Waals surface area contributed by atoms with Crippen LogP contribution in [-0.4, -0.2) is 35.5 Å². The molecule has 0 saturated carbocycles. The molecule has 0 radical (unpaired) electrons. The van der Waals surface area contributed by atoms with Crippen molar-refractivity contribution in [3.63, 3.8) is 0 Å². The molecule has 0 spiro atoms. The molecular formula is C20H13Cl3N2O6. The predicted molar refractivity (Wildman–Crippen MR) is 115 cm³/mol. The quantitative estimate of drug-likeness (QED) is 0.489. The van der Waals surface area contributed by atoms with E-state index in [9.17, 15) is 19.2 Å². The Hall–Kier alpha value is -3.07. The van der Waals surface area contributed by atoms with Gasteiger partial charge >= 0.3 is 12.0 Å². The van der Waals surface area contributed by atoms with Gasteiger partial charge in [0.2, 0.25) is 0 Å². The number of hydrogen-bond acceptors (Lipinski definition) is 5. The summed E-state index contributed by atoms with van der Waals surface area (Å²) in [7, 11) is 0. The van der Waals surface area contributed by atoms with E-state index in [4.69, 9.17) is 44.6 Å². The maximum atomic E-state index is 13.0. The van der Waals surface area contributed by atoms with E-state index >= 15 is 0 Å². The molecule has 0 unspecified atom stereocenters. The lowest BCUT2D eigenvalue weighted by Crippen LogP contribution is -2.54. The number of rotatable bonds is 5. The lowest BCUT2D eigenvalue weighted by Gasteiger charge is -2.27. The molecule has 0 atom stereocenters. The fraction of sp³-hybridized carbons (Fsp3) is 0.100. The largest absolute Gasteiger partial charge is 0.479 e. The van der Waals surface area contributed by atoms with Gasteiger partial charge in [0, 0.05) is 5.02 Å². The number of carbonyl (C=O) groups excluding carboxylic acids is 3. The molecule has 1 heterocycles. The molecule has 1 saturated heterocycles. The SMILES string of the molecule is Cc1ccc(Cl)cc1N1C(=O)NC(=O)/C(=C\c2cc(Cl)c(OCC(=O)O)c(Cl)c2)C1=O. The summed E-state index contributed by atoms with van der Waals surface area (Å²) in [4.78, 5) is 49.2. The normalized spacial score (nSPS) is 15.3. The highest BCUT2D eigenvalue weighted by molar-refractivity contribution is 6.40. The van der Waals surface area contributed by atoms with Crippen LogP contribution in [0.5, 0.6) is 5.75 Å². The average molecular weight is 484 g/mol. The highest BCUT2D eigenvalue weighted by Gasteiger charge is 2.37. The highest BCUT2D eigenvalue weighted by atomic mass is 35.5. The molecule has 2 N–H and O–H groups in total. The maximum absolute atomic E-state index is 13.0. The first-order chi connectivity index (χ1) is 14.6. The van der Waals surface area contributed by atoms with Crippen molar-refractivity contribution in [1.82, 2.24) is 5.32 Å². The Kier molecular flexibility index (Phi) is 6.54. The first kappa shape index (κ1) is 22.6. The summed E-state index contributed by atoms with van der Waals surface area (Å²) in [6.45, 7) is 1.03. The van der Waals surface area contributed by atoms with Crippen LogP contribution in [0, 0.1) is 6.92 Å². The van der Waals surface area contributed by atoms with Crippen LogP contribution in [0.25, 0.3) is 6.08 Å². The number of barbiturate groups is 1. The Morgan fingerprint density at radius 1 is 1.13 bits per heavy atom. The number of nitrogens with zero attached hydrogens (tertiary/aromatic N) is 1. The van der Waals surface area contributed by atoms with Crippen LogP contribution in [-0.2, 0) is 14.4 Å². The Morgan fingerprint density at radius 3 is 2.39 bits per heavy atom. The molecule has 1 aliphatic rings. The standard InChI is InChI=1S/C20H13Cl3N2O6/c1-9-2-3-11(21)7-15(9)25-19(29)12(18(28)24-20(25)30)4-10-5-13(22)17(14(23)6-10)31-8-16(26)27/h2-7H,8H2,1H3,(H,26,27)(H,24,28,30)/b12-4+. The molecule has 0 aromatic heterocycles. The summed E-state index contributed by atoms with van der Waals surface area (Å²) < 4.78 is 5.03. The smallest absolute Gasteiger partial charge is 0.341 e. The molecule has 0 aliphatic carbocycles. The number of hydrogen-bond donors (Lipinski definition) is 2. The van der Waals surface area contributed by atoms with Gasteiger partial charge in [0.15, 0.2) is 12.4 Å². The number of carbonyl (C=O) groups is 4. The van der Waals surface area contributed by atoms with Crippen molar-refractivity contribution < 1.29 is 29.0 Å². The van der Waals surface area contributed by atoms with Gasteiger partial charge in [-0.25, -0.2) is 14.5 Å². The van der Waals surface area contributed by atoms with Crippen LogP contribution in [0.15, 0.2) is 35.9 Å². The number of carboxylic acid groups (broad SMARTS) is 1. The zero-order chi connectivity index (χ0) is 22.9. The van der Waals surface area contributed by atoms with Crippen molar-refractivity contribution in [3.8, 4) is 5.75 Å². The van der Waals surface area contributed by atoms with Crippen LogP contribution >= 0.6 is 34.8 Å². The molecule has 2 aromatic carbocycles. The molecule has 160 valence electrons. The van der Waals surface area contributed by atoms with Crippen LogP contribution in [0.4, 0.5) is 10.5 Å². The first-order valence-electron chi connectivity index (χ1n) is 8.59. The second-order valence-corrected chi connectivity index (χ2v) is 7.64. The number of urea groups is 1. The van der Waals surface area contributed by atoms with E-state index in [1.807, 2.05) is 0 Å². The van der Waals surface area contributed by atoms with Gasteiger partial charge in [-0.2, -0.15) is 0 Å². The number of nitrogens with one attached hydrogen (secondary N) is 1. The number of amides is 4. The lowest BCUT2D eigenvalue weighted by molar-refractivity contribution is -0.139. The average Bonchev–Trinajstić information content (AvgIpc) is 2.67. The summed E-state index contributed by atoms with van der Waals surface area (Å²) in [6.07, 6.45) is 1.20. The number of aliphatic carboxylic acids is 1. The van der Waals surface area contributed by atoms with Gasteiger partial charge in [-0.05, 0) is 48.4 Å². The molecule has 4 amide bonds. The number of imide groups is 2. The first-order valence-corrected chi connectivity index (χ1v) is 9.73. The molecule has 3 rings (SSSR count). The van der Waals surface area contributed by atoms with Crippen LogP contribution in [0.3, 0.4) is 0 Å². The molecule has 1 fully saturated rings. The minimum Gasteiger partial charge on any atom is -0.479 e. The summed E-state index contributed by atoms with van der Waals surface area (Å²) in [6, 6.07) is 6.43. The van der Waals surface area contributed by atoms with Gasteiger partial charge in [0.05, 0.1) is 15.7 Å². The van der Waals surface area contributed by atoms with Crippen molar-refractivity contribution in [2.75, 3.05) is 11.5 Å². The van der Waals surface area contributed by atoms with Crippen LogP contribution in [0.2, 0.25) is 15.1 Å². The van der Waals surface area contributed by atoms with E-state index in [-0.39, 0.29) is 32.6 Å². The van der Waals surface area contributed by atoms with Crippen molar-refractivity contribution in [2.45, 2.75) is 6.92 Å². The van der Waals surface area contributed by atoms with Gasteiger partial charge in [-0.1, -0.05) is 40.9 Å². The maximum Gasteiger partial charge on any atom is 0.341 e. The van der Waals surface area contributed by atoms with E-state index in [1.54, 1.807) is 19.1 Å². The number of aryl methyl sites for hydroxylation is 1. The molecule has 1 aliphatic heterocycles. The molecule has 0 bridgehead atoms. The van der Waals surface area contributed by atoms with Crippen molar-refractivity contribution in [3.05, 3.63) is 62.1 Å². The molecule has 2 aromatic rings. The van der Waals surface area contributed by atoms with Crippen molar-refractivity contribution in [2.24, 2.45) is 0 Å². The Morgan fingerprint density at radius 2 is 1.77 bits per heavy atom. The Bertz CT molecular complexity index is 1140. The number of benzene rings is 2. The Labute approximate surface area is 190 Å². The van der Waals surface area contributed by atoms with Gasteiger partial charge in [0.1, 0.15) is 5.57 Å². The highest BCUT2D eigenvalue weighted by Crippen LogP contribution is 2.35. The zero-order valence-corrected chi connectivity index (χ0v) is 18.0. The monoisotopic (exact) mass is 482 g/mol. The summed E-state index contributed by atoms with van der Waals surface area (Å²) in [5.41, 5.74) is 0.730. The third-order valence-electron chi connectivity index (χ3n) is 4.19. The van der Waals surface area contributed by atoms with E-state index in [2.05, 4.69) is 5.32 Å². The van der Waals surface area contributed by atoms with Gasteiger partial charge in [0.25, 0.3) is 11.8 Å². The predicted octanol–water partition coefficient (Wildman–Crippen LogP) is 4.09. The van der Waals surface area contributed by atoms with Crippen molar-refractivity contribution >= 4 is 70.4 Å². The van der Waals surface area contributed by atoms with E-state index in [0.717, 1.165) is 4.90 Å². The fourth-order valence-electron chi connectivity index (χ4n) is 2.80. The van der Waals surface area contributed by atoms with Gasteiger partial charge in [-0.3, -0.25) is 14.9 Å². The molecule has 8 nitrogen and oxygen atoms in total. The minimum atomic E-state index is -1.22. The topological polar surface area (TPSA) is 113 Å². The van der Waals surface area contributed by atoms with E-state index in [1.165, 1.54) is 24.3 Å². The van der Waals surface area contributed by atoms with E-state index in [0.29, 0.717) is 10.6 Å². The number of halogens is 3. The summed E-state index contributed by atoms with van der Waals surface area (Å²) in [5.74, 6) is -3.04.